The van der Waals surface area contributed by atoms with Crippen molar-refractivity contribution in [1.82, 2.24) is 10.4 Å². The zero-order chi connectivity index (χ0) is 23.2. The fourth-order valence-corrected chi connectivity index (χ4v) is 6.93. The van der Waals surface area contributed by atoms with Gasteiger partial charge in [-0.25, -0.2) is 4.99 Å². The van der Waals surface area contributed by atoms with Gasteiger partial charge < -0.3 is 24.3 Å². The van der Waals surface area contributed by atoms with Crippen molar-refractivity contribution in [2.75, 3.05) is 19.8 Å². The van der Waals surface area contributed by atoms with Gasteiger partial charge in [0.1, 0.15) is 12.7 Å². The van der Waals surface area contributed by atoms with Crippen molar-refractivity contribution in [3.05, 3.63) is 35.9 Å². The number of hydrogen-bond acceptors (Lipinski definition) is 6. The first-order valence-corrected chi connectivity index (χ1v) is 14.3. The van der Waals surface area contributed by atoms with Gasteiger partial charge in [-0.2, -0.15) is 5.06 Å². The molecule has 2 aliphatic rings. The van der Waals surface area contributed by atoms with Crippen LogP contribution in [0.25, 0.3) is 0 Å². The van der Waals surface area contributed by atoms with Gasteiger partial charge in [0.2, 0.25) is 5.96 Å². The van der Waals surface area contributed by atoms with Crippen LogP contribution in [0.2, 0.25) is 18.1 Å². The predicted molar refractivity (Wildman–Crippen MR) is 126 cm³/mol. The molecule has 2 N–H and O–H groups in total. The molecule has 1 aromatic carbocycles. The molecule has 9 heteroatoms. The van der Waals surface area contributed by atoms with Crippen LogP contribution in [-0.4, -0.2) is 68.4 Å². The van der Waals surface area contributed by atoms with Crippen molar-refractivity contribution in [1.29, 1.82) is 0 Å². The van der Waals surface area contributed by atoms with E-state index in [9.17, 15) is 5.11 Å². The van der Waals surface area contributed by atoms with Crippen LogP contribution in [0, 0.1) is 0 Å². The van der Waals surface area contributed by atoms with Crippen LogP contribution in [0.5, 0.6) is 0 Å². The molecule has 2 heterocycles. The lowest BCUT2D eigenvalue weighted by atomic mass is 10.1. The zero-order valence-electron chi connectivity index (χ0n) is 20.0. The molecule has 0 bridgehead atoms. The third kappa shape index (κ3) is 5.89. The Morgan fingerprint density at radius 1 is 1.19 bits per heavy atom. The number of aliphatic imine (C=N–C) groups is 1. The second kappa shape index (κ2) is 11.1. The number of fused-ring (bicyclic) bond motifs is 1. The zero-order valence-corrected chi connectivity index (χ0v) is 21.0. The molecule has 3 atom stereocenters. The Hall–Kier alpha value is -1.49. The first kappa shape index (κ1) is 25.1. The molecule has 0 saturated carbocycles. The highest BCUT2D eigenvalue weighted by Gasteiger charge is 2.51. The fraction of sp³-hybridized carbons (Fsp3) is 0.696. The summed E-state index contributed by atoms with van der Waals surface area (Å²) in [5.74, 6) is -0.177. The van der Waals surface area contributed by atoms with E-state index < -0.39 is 20.3 Å². The van der Waals surface area contributed by atoms with E-state index in [1.807, 2.05) is 44.2 Å². The summed E-state index contributed by atoms with van der Waals surface area (Å²) in [5.41, 5.74) is 1.05. The highest BCUT2D eigenvalue weighted by atomic mass is 28.4. The van der Waals surface area contributed by atoms with E-state index in [0.717, 1.165) is 23.7 Å². The maximum Gasteiger partial charge on any atom is 0.221 e. The number of nitrogens with one attached hydrogen (secondary N) is 1. The van der Waals surface area contributed by atoms with Gasteiger partial charge in [0.25, 0.3) is 0 Å². The van der Waals surface area contributed by atoms with Crippen LogP contribution in [0.4, 0.5) is 0 Å². The minimum atomic E-state index is -2.01. The van der Waals surface area contributed by atoms with Crippen LogP contribution in [0.3, 0.4) is 0 Å². The Morgan fingerprint density at radius 3 is 2.50 bits per heavy atom. The van der Waals surface area contributed by atoms with E-state index in [1.54, 1.807) is 5.06 Å². The summed E-state index contributed by atoms with van der Waals surface area (Å²) in [6.45, 7) is 11.5. The van der Waals surface area contributed by atoms with Gasteiger partial charge in [0.15, 0.2) is 20.3 Å². The summed E-state index contributed by atoms with van der Waals surface area (Å²) in [7, 11) is -2.01. The lowest BCUT2D eigenvalue weighted by molar-refractivity contribution is -0.333. The van der Waals surface area contributed by atoms with Crippen molar-refractivity contribution in [2.45, 2.75) is 83.5 Å². The van der Waals surface area contributed by atoms with Crippen molar-refractivity contribution in [3.8, 4) is 0 Å². The van der Waals surface area contributed by atoms with Crippen molar-refractivity contribution < 1.29 is 23.8 Å². The van der Waals surface area contributed by atoms with E-state index in [2.05, 4.69) is 31.1 Å². The Labute approximate surface area is 193 Å². The van der Waals surface area contributed by atoms with E-state index in [-0.39, 0.29) is 25.3 Å². The third-order valence-electron chi connectivity index (χ3n) is 6.34. The molecular formula is C23H39N3O5Si. The summed E-state index contributed by atoms with van der Waals surface area (Å²) in [4.78, 5) is 10.9. The quantitative estimate of drug-likeness (QED) is 0.513. The molecule has 0 spiro atoms. The van der Waals surface area contributed by atoms with Gasteiger partial charge in [0.05, 0.1) is 25.8 Å². The maximum atomic E-state index is 9.39. The molecule has 8 nitrogen and oxygen atoms in total. The van der Waals surface area contributed by atoms with Crippen LogP contribution in [0.15, 0.2) is 35.3 Å². The van der Waals surface area contributed by atoms with Crippen molar-refractivity contribution in [3.63, 3.8) is 0 Å². The molecule has 0 aromatic heterocycles. The summed E-state index contributed by atoms with van der Waals surface area (Å²) in [5, 5.41) is 14.5. The number of aliphatic hydroxyl groups is 1. The smallest absolute Gasteiger partial charge is 0.221 e. The maximum absolute atomic E-state index is 9.39. The lowest BCUT2D eigenvalue weighted by Gasteiger charge is -2.52. The number of nitrogens with zero attached hydrogens (tertiary/aromatic N) is 2. The molecule has 32 heavy (non-hydrogen) atoms. The third-order valence-corrected chi connectivity index (χ3v) is 10.9. The number of hydrogen-bond donors (Lipinski definition) is 2. The van der Waals surface area contributed by atoms with Crippen molar-refractivity contribution >= 4 is 14.3 Å². The molecule has 2 aliphatic heterocycles. The number of benzene rings is 1. The molecule has 180 valence electrons. The molecule has 2 saturated heterocycles. The average Bonchev–Trinajstić information content (AvgIpc) is 2.81. The Morgan fingerprint density at radius 2 is 1.88 bits per heavy atom. The molecule has 0 radical (unpaired) electrons. The van der Waals surface area contributed by atoms with Gasteiger partial charge in [-0.1, -0.05) is 51.1 Å². The Kier molecular flexibility index (Phi) is 8.71. The Balaban J connectivity index is 1.96. The van der Waals surface area contributed by atoms with E-state index >= 15 is 0 Å². The van der Waals surface area contributed by atoms with Gasteiger partial charge in [0, 0.05) is 0 Å². The topological polar surface area (TPSA) is 84.8 Å². The molecule has 2 fully saturated rings. The summed E-state index contributed by atoms with van der Waals surface area (Å²) in [6, 6.07) is 12.9. The summed E-state index contributed by atoms with van der Waals surface area (Å²) in [6.07, 6.45) is -0.753. The van der Waals surface area contributed by atoms with E-state index in [1.165, 1.54) is 0 Å². The molecular weight excluding hydrogens is 426 g/mol. The molecule has 1 aromatic rings. The second-order valence-corrected chi connectivity index (χ2v) is 13.5. The number of hydroxylamine groups is 2. The van der Waals surface area contributed by atoms with Crippen molar-refractivity contribution in [2.24, 2.45) is 4.99 Å². The van der Waals surface area contributed by atoms with Crippen LogP contribution >= 0.6 is 0 Å². The van der Waals surface area contributed by atoms with Gasteiger partial charge in [-0.3, -0.25) is 4.84 Å². The standard InChI is InChI=1S/C23H39N3O5Si/c1-6-32(7-2,8-3)31-21-20-19(17-28-23(4,5)30-20)25-22(24-14-15-27)26(21)29-16-18-12-10-9-11-13-18/h9-13,19-21,27H,6-8,14-17H2,1-5H3,(H,24,25)/t19-,20+,21-/m1/s1. The normalized spacial score (nSPS) is 26.6. The SMILES string of the molecule is CC[Si](CC)(CC)O[C@@H]1[C@H]2OC(C)(C)OC[C@H]2NC(=NCCO)N1OCc1ccccc1. The van der Waals surface area contributed by atoms with Crippen LogP contribution in [-0.2, 0) is 25.3 Å². The number of aliphatic hydroxyl groups excluding tert-OH is 1. The van der Waals surface area contributed by atoms with Gasteiger partial charge in [-0.05, 0) is 37.5 Å². The number of ether oxygens (including phenoxy) is 2. The first-order valence-electron chi connectivity index (χ1n) is 11.7. The van der Waals surface area contributed by atoms with E-state index in [0.29, 0.717) is 19.2 Å². The molecule has 0 aliphatic carbocycles. The number of rotatable bonds is 10. The van der Waals surface area contributed by atoms with Crippen LogP contribution in [0.1, 0.15) is 40.2 Å². The minimum Gasteiger partial charge on any atom is -0.394 e. The van der Waals surface area contributed by atoms with E-state index in [4.69, 9.17) is 18.7 Å². The van der Waals surface area contributed by atoms with Gasteiger partial charge in [-0.15, -0.1) is 0 Å². The molecule has 3 rings (SSSR count). The second-order valence-electron chi connectivity index (χ2n) is 8.81. The highest BCUT2D eigenvalue weighted by Crippen LogP contribution is 2.34. The molecule has 0 unspecified atom stereocenters. The van der Waals surface area contributed by atoms with Crippen LogP contribution < -0.4 is 5.32 Å². The van der Waals surface area contributed by atoms with Gasteiger partial charge >= 0.3 is 0 Å². The summed E-state index contributed by atoms with van der Waals surface area (Å²) >= 11 is 0. The monoisotopic (exact) mass is 465 g/mol. The molecule has 0 amide bonds. The Bertz CT molecular complexity index is 736. The first-order chi connectivity index (χ1) is 15.4. The largest absolute Gasteiger partial charge is 0.394 e. The number of guanidine groups is 1. The summed E-state index contributed by atoms with van der Waals surface area (Å²) < 4.78 is 19.3. The fourth-order valence-electron chi connectivity index (χ4n) is 4.19. The minimum absolute atomic E-state index is 0.0467. The average molecular weight is 466 g/mol. The predicted octanol–water partition coefficient (Wildman–Crippen LogP) is 3.24. The highest BCUT2D eigenvalue weighted by molar-refractivity contribution is 6.73. The lowest BCUT2D eigenvalue weighted by Crippen LogP contribution is -2.72.